The number of amides is 1. The quantitative estimate of drug-likeness (QED) is 0.477. The van der Waals surface area contributed by atoms with Gasteiger partial charge in [0, 0.05) is 17.4 Å². The van der Waals surface area contributed by atoms with Gasteiger partial charge in [-0.2, -0.15) is 10.7 Å². The van der Waals surface area contributed by atoms with Gasteiger partial charge in [-0.1, -0.05) is 24.3 Å². The summed E-state index contributed by atoms with van der Waals surface area (Å²) < 4.78 is 15.2. The predicted molar refractivity (Wildman–Crippen MR) is 116 cm³/mol. The SMILES string of the molecule is Cc1ccc(N2NN=C(c3cccc(F)c3)N2)cc1NC(=O)c1cnc2ccccn12. The van der Waals surface area contributed by atoms with E-state index in [9.17, 15) is 9.18 Å². The molecule has 0 bridgehead atoms. The first-order chi connectivity index (χ1) is 15.1. The zero-order valence-corrected chi connectivity index (χ0v) is 16.5. The average molecular weight is 415 g/mol. The molecule has 3 heterocycles. The Morgan fingerprint density at radius 1 is 1.10 bits per heavy atom. The zero-order chi connectivity index (χ0) is 21.4. The van der Waals surface area contributed by atoms with Gasteiger partial charge in [0.15, 0.2) is 5.84 Å². The van der Waals surface area contributed by atoms with Crippen molar-refractivity contribution in [1.29, 1.82) is 0 Å². The van der Waals surface area contributed by atoms with Crippen molar-refractivity contribution in [2.75, 3.05) is 10.4 Å². The average Bonchev–Trinajstić information content (AvgIpc) is 3.43. The number of imidazole rings is 1. The molecule has 4 aromatic rings. The van der Waals surface area contributed by atoms with Gasteiger partial charge in [0.25, 0.3) is 5.91 Å². The van der Waals surface area contributed by atoms with Crippen LogP contribution in [0, 0.1) is 12.7 Å². The number of carbonyl (C=O) groups is 1. The third-order valence-corrected chi connectivity index (χ3v) is 4.95. The number of fused-ring (bicyclic) bond motifs is 1. The van der Waals surface area contributed by atoms with Crippen molar-refractivity contribution < 1.29 is 9.18 Å². The number of amidine groups is 1. The maximum absolute atomic E-state index is 13.5. The molecule has 0 radical (unpaired) electrons. The standard InChI is InChI=1S/C22H18FN7O/c1-14-8-9-17(30-27-21(26-28-30)15-5-4-6-16(23)11-15)12-18(14)25-22(31)19-13-24-20-7-2-3-10-29(19)20/h2-13,28H,1H3,(H,25,31)(H,26,27). The van der Waals surface area contributed by atoms with E-state index in [0.717, 1.165) is 5.56 Å². The number of pyridine rings is 1. The molecule has 0 spiro atoms. The van der Waals surface area contributed by atoms with E-state index in [0.29, 0.717) is 34.1 Å². The third kappa shape index (κ3) is 3.52. The molecule has 0 saturated carbocycles. The van der Waals surface area contributed by atoms with Gasteiger partial charge in [0.05, 0.1) is 11.9 Å². The lowest BCUT2D eigenvalue weighted by Crippen LogP contribution is -2.41. The molecular weight excluding hydrogens is 397 g/mol. The fourth-order valence-corrected chi connectivity index (χ4v) is 3.31. The Kier molecular flexibility index (Phi) is 4.47. The van der Waals surface area contributed by atoms with Crippen LogP contribution in [-0.2, 0) is 0 Å². The Bertz CT molecular complexity index is 1330. The van der Waals surface area contributed by atoms with Crippen LogP contribution in [0.3, 0.4) is 0 Å². The van der Waals surface area contributed by atoms with E-state index in [-0.39, 0.29) is 11.7 Å². The number of aromatic nitrogens is 2. The summed E-state index contributed by atoms with van der Waals surface area (Å²) in [5, 5.41) is 8.75. The van der Waals surface area contributed by atoms with E-state index in [4.69, 9.17) is 0 Å². The minimum absolute atomic E-state index is 0.266. The maximum Gasteiger partial charge on any atom is 0.274 e. The molecule has 3 N–H and O–H groups in total. The minimum atomic E-state index is -0.340. The summed E-state index contributed by atoms with van der Waals surface area (Å²) in [5.74, 6) is -0.123. The number of hydrogen-bond donors (Lipinski definition) is 3. The Hall–Kier alpha value is -4.40. The highest BCUT2D eigenvalue weighted by molar-refractivity contribution is 6.04. The minimum Gasteiger partial charge on any atom is -0.320 e. The Labute approximate surface area is 177 Å². The molecule has 8 nitrogen and oxygen atoms in total. The molecular formula is C22H18FN7O. The molecule has 5 rings (SSSR count). The highest BCUT2D eigenvalue weighted by atomic mass is 19.1. The van der Waals surface area contributed by atoms with E-state index < -0.39 is 0 Å². The predicted octanol–water partition coefficient (Wildman–Crippen LogP) is 3.23. The Morgan fingerprint density at radius 3 is 2.87 bits per heavy atom. The molecule has 0 fully saturated rings. The van der Waals surface area contributed by atoms with Gasteiger partial charge >= 0.3 is 0 Å². The molecule has 1 aliphatic rings. The van der Waals surface area contributed by atoms with Crippen molar-refractivity contribution in [2.45, 2.75) is 6.92 Å². The number of nitrogens with one attached hydrogen (secondary N) is 3. The molecule has 1 aliphatic heterocycles. The first-order valence-electron chi connectivity index (χ1n) is 9.59. The summed E-state index contributed by atoms with van der Waals surface area (Å²) >= 11 is 0. The van der Waals surface area contributed by atoms with Gasteiger partial charge in [-0.3, -0.25) is 14.6 Å². The number of hydrazine groups is 2. The zero-order valence-electron chi connectivity index (χ0n) is 16.5. The summed E-state index contributed by atoms with van der Waals surface area (Å²) in [7, 11) is 0. The molecule has 0 atom stereocenters. The van der Waals surface area contributed by atoms with Crippen molar-refractivity contribution in [3.8, 4) is 0 Å². The second-order valence-corrected chi connectivity index (χ2v) is 7.04. The van der Waals surface area contributed by atoms with Crippen molar-refractivity contribution >= 4 is 28.8 Å². The number of benzene rings is 2. The van der Waals surface area contributed by atoms with Crippen molar-refractivity contribution in [2.24, 2.45) is 5.10 Å². The Morgan fingerprint density at radius 2 is 2.00 bits per heavy atom. The summed E-state index contributed by atoms with van der Waals surface area (Å²) in [6.07, 6.45) is 3.34. The number of aryl methyl sites for hydroxylation is 1. The molecule has 31 heavy (non-hydrogen) atoms. The van der Waals surface area contributed by atoms with E-state index in [2.05, 4.69) is 26.4 Å². The van der Waals surface area contributed by atoms with Crippen LogP contribution in [0.4, 0.5) is 15.8 Å². The van der Waals surface area contributed by atoms with Gasteiger partial charge in [0.1, 0.15) is 17.2 Å². The van der Waals surface area contributed by atoms with Crippen LogP contribution in [0.5, 0.6) is 0 Å². The number of nitrogens with zero attached hydrogens (tertiary/aromatic N) is 4. The molecule has 2 aromatic heterocycles. The first-order valence-corrected chi connectivity index (χ1v) is 9.59. The molecule has 9 heteroatoms. The number of carbonyl (C=O) groups excluding carboxylic acids is 1. The van der Waals surface area contributed by atoms with E-state index in [1.165, 1.54) is 12.1 Å². The maximum atomic E-state index is 13.5. The lowest BCUT2D eigenvalue weighted by molar-refractivity contribution is 0.102. The highest BCUT2D eigenvalue weighted by Crippen LogP contribution is 2.24. The highest BCUT2D eigenvalue weighted by Gasteiger charge is 2.19. The number of rotatable bonds is 4. The summed E-state index contributed by atoms with van der Waals surface area (Å²) in [6, 6.07) is 17.3. The molecule has 0 aliphatic carbocycles. The summed E-state index contributed by atoms with van der Waals surface area (Å²) in [6.45, 7) is 1.91. The molecule has 2 aromatic carbocycles. The fraction of sp³-hybridized carbons (Fsp3) is 0.0455. The van der Waals surface area contributed by atoms with Crippen LogP contribution in [-0.4, -0.2) is 21.1 Å². The van der Waals surface area contributed by atoms with Crippen LogP contribution in [0.2, 0.25) is 0 Å². The van der Waals surface area contributed by atoms with Crippen LogP contribution in [0.25, 0.3) is 5.65 Å². The number of anilines is 2. The topological polar surface area (TPSA) is 86.1 Å². The Balaban J connectivity index is 1.36. The summed E-state index contributed by atoms with van der Waals surface area (Å²) in [5.41, 5.74) is 9.95. The molecule has 0 saturated heterocycles. The fourth-order valence-electron chi connectivity index (χ4n) is 3.31. The van der Waals surface area contributed by atoms with Gasteiger partial charge in [-0.25, -0.2) is 9.37 Å². The number of halogens is 1. The second-order valence-electron chi connectivity index (χ2n) is 7.04. The second kappa shape index (κ2) is 7.45. The number of hydrazone groups is 1. The third-order valence-electron chi connectivity index (χ3n) is 4.95. The van der Waals surface area contributed by atoms with Crippen LogP contribution in [0.1, 0.15) is 21.6 Å². The van der Waals surface area contributed by atoms with Crippen LogP contribution >= 0.6 is 0 Å². The molecule has 1 amide bonds. The van der Waals surface area contributed by atoms with E-state index in [1.54, 1.807) is 34.0 Å². The van der Waals surface area contributed by atoms with Crippen molar-refractivity contribution in [1.82, 2.24) is 20.3 Å². The molecule has 0 unspecified atom stereocenters. The van der Waals surface area contributed by atoms with Crippen LogP contribution in [0.15, 0.2) is 78.2 Å². The van der Waals surface area contributed by atoms with Crippen molar-refractivity contribution in [3.63, 3.8) is 0 Å². The van der Waals surface area contributed by atoms with E-state index >= 15 is 0 Å². The monoisotopic (exact) mass is 415 g/mol. The lowest BCUT2D eigenvalue weighted by atomic mass is 10.1. The van der Waals surface area contributed by atoms with Gasteiger partial charge in [0.2, 0.25) is 0 Å². The summed E-state index contributed by atoms with van der Waals surface area (Å²) in [4.78, 5) is 17.1. The number of hydrogen-bond acceptors (Lipinski definition) is 6. The van der Waals surface area contributed by atoms with Gasteiger partial charge in [-0.15, -0.1) is 5.10 Å². The smallest absolute Gasteiger partial charge is 0.274 e. The molecule has 154 valence electrons. The largest absolute Gasteiger partial charge is 0.320 e. The van der Waals surface area contributed by atoms with Crippen molar-refractivity contribution in [3.05, 3.63) is 95.7 Å². The van der Waals surface area contributed by atoms with Gasteiger partial charge in [-0.05, 0) is 48.9 Å². The van der Waals surface area contributed by atoms with E-state index in [1.807, 2.05) is 43.3 Å². The lowest BCUT2D eigenvalue weighted by Gasteiger charge is -2.19. The first kappa shape index (κ1) is 18.6. The van der Waals surface area contributed by atoms with Crippen LogP contribution < -0.4 is 21.4 Å². The normalized spacial score (nSPS) is 13.0. The van der Waals surface area contributed by atoms with Gasteiger partial charge < -0.3 is 5.32 Å².